The SMILES string of the molecule is CCn1nc(C)cc1CC(CSc1cccc(Cl)c1)NC. The molecule has 3 nitrogen and oxygen atoms in total. The zero-order valence-corrected chi connectivity index (χ0v) is 14.3. The molecular weight excluding hydrogens is 302 g/mol. The van der Waals surface area contributed by atoms with E-state index in [2.05, 4.69) is 34.2 Å². The van der Waals surface area contributed by atoms with Crippen molar-refractivity contribution in [3.05, 3.63) is 46.7 Å². The molecule has 1 N–H and O–H groups in total. The number of rotatable bonds is 7. The van der Waals surface area contributed by atoms with Gasteiger partial charge in [0.1, 0.15) is 0 Å². The molecule has 1 unspecified atom stereocenters. The zero-order valence-electron chi connectivity index (χ0n) is 12.8. The van der Waals surface area contributed by atoms with Gasteiger partial charge in [0.25, 0.3) is 0 Å². The Bertz CT molecular complexity index is 583. The monoisotopic (exact) mass is 323 g/mol. The minimum Gasteiger partial charge on any atom is -0.316 e. The Morgan fingerprint density at radius 3 is 2.86 bits per heavy atom. The lowest BCUT2D eigenvalue weighted by Gasteiger charge is -2.16. The summed E-state index contributed by atoms with van der Waals surface area (Å²) in [7, 11) is 2.02. The zero-order chi connectivity index (χ0) is 15.2. The van der Waals surface area contributed by atoms with E-state index in [0.29, 0.717) is 6.04 Å². The Balaban J connectivity index is 1.96. The van der Waals surface area contributed by atoms with Gasteiger partial charge in [-0.1, -0.05) is 17.7 Å². The van der Waals surface area contributed by atoms with Crippen molar-refractivity contribution >= 4 is 23.4 Å². The second kappa shape index (κ2) is 7.87. The van der Waals surface area contributed by atoms with Gasteiger partial charge in [-0.2, -0.15) is 5.10 Å². The number of aryl methyl sites for hydroxylation is 2. The fraction of sp³-hybridized carbons (Fsp3) is 0.438. The van der Waals surface area contributed by atoms with E-state index >= 15 is 0 Å². The highest BCUT2D eigenvalue weighted by Gasteiger charge is 2.12. The summed E-state index contributed by atoms with van der Waals surface area (Å²) in [6.07, 6.45) is 0.985. The smallest absolute Gasteiger partial charge is 0.0596 e. The first-order valence-corrected chi connectivity index (χ1v) is 8.57. The maximum Gasteiger partial charge on any atom is 0.0596 e. The normalized spacial score (nSPS) is 12.6. The van der Waals surface area contributed by atoms with Crippen molar-refractivity contribution in [3.8, 4) is 0 Å². The average molecular weight is 324 g/mol. The van der Waals surface area contributed by atoms with Gasteiger partial charge in [0.05, 0.1) is 5.69 Å². The van der Waals surface area contributed by atoms with Crippen LogP contribution in [0.3, 0.4) is 0 Å². The summed E-state index contributed by atoms with van der Waals surface area (Å²) in [5, 5.41) is 8.70. The van der Waals surface area contributed by atoms with Gasteiger partial charge in [-0.05, 0) is 45.2 Å². The number of benzene rings is 1. The number of hydrogen-bond donors (Lipinski definition) is 1. The predicted molar refractivity (Wildman–Crippen MR) is 91.4 cm³/mol. The van der Waals surface area contributed by atoms with Gasteiger partial charge in [0, 0.05) is 40.4 Å². The van der Waals surface area contributed by atoms with Crippen LogP contribution in [0.1, 0.15) is 18.3 Å². The molecule has 0 aliphatic heterocycles. The highest BCUT2D eigenvalue weighted by atomic mass is 35.5. The van der Waals surface area contributed by atoms with E-state index in [9.17, 15) is 0 Å². The number of likely N-dealkylation sites (N-methyl/N-ethyl adjacent to an activating group) is 1. The largest absolute Gasteiger partial charge is 0.316 e. The molecule has 0 spiro atoms. The van der Waals surface area contributed by atoms with Gasteiger partial charge in [0.15, 0.2) is 0 Å². The van der Waals surface area contributed by atoms with E-state index in [0.717, 1.165) is 29.4 Å². The molecule has 114 valence electrons. The molecule has 0 fully saturated rings. The van der Waals surface area contributed by atoms with Gasteiger partial charge >= 0.3 is 0 Å². The maximum absolute atomic E-state index is 6.03. The average Bonchev–Trinajstić information content (AvgIpc) is 2.83. The molecule has 0 saturated carbocycles. The van der Waals surface area contributed by atoms with Crippen LogP contribution < -0.4 is 5.32 Å². The van der Waals surface area contributed by atoms with Crippen LogP contribution >= 0.6 is 23.4 Å². The lowest BCUT2D eigenvalue weighted by Crippen LogP contribution is -2.31. The molecule has 0 saturated heterocycles. The number of hydrogen-bond acceptors (Lipinski definition) is 3. The van der Waals surface area contributed by atoms with Crippen LogP contribution in [0.25, 0.3) is 0 Å². The van der Waals surface area contributed by atoms with E-state index in [4.69, 9.17) is 11.6 Å². The summed E-state index contributed by atoms with van der Waals surface area (Å²) in [6.45, 7) is 5.09. The molecule has 1 atom stereocenters. The molecule has 1 aromatic carbocycles. The molecule has 0 aliphatic carbocycles. The van der Waals surface area contributed by atoms with Crippen LogP contribution in [0.5, 0.6) is 0 Å². The summed E-state index contributed by atoms with van der Waals surface area (Å²) < 4.78 is 2.09. The fourth-order valence-electron chi connectivity index (χ4n) is 2.29. The first-order valence-electron chi connectivity index (χ1n) is 7.21. The van der Waals surface area contributed by atoms with Crippen molar-refractivity contribution in [2.24, 2.45) is 0 Å². The molecule has 0 radical (unpaired) electrons. The summed E-state index contributed by atoms with van der Waals surface area (Å²) in [5.74, 6) is 1.00. The molecule has 21 heavy (non-hydrogen) atoms. The molecule has 0 aliphatic rings. The number of nitrogens with zero attached hydrogens (tertiary/aromatic N) is 2. The second-order valence-electron chi connectivity index (χ2n) is 5.05. The van der Waals surface area contributed by atoms with Crippen molar-refractivity contribution < 1.29 is 0 Å². The Kier molecular flexibility index (Phi) is 6.15. The summed E-state index contributed by atoms with van der Waals surface area (Å²) in [5.41, 5.74) is 2.38. The summed E-state index contributed by atoms with van der Waals surface area (Å²) in [4.78, 5) is 1.21. The minimum atomic E-state index is 0.412. The Labute approximate surface area is 136 Å². The number of thioether (sulfide) groups is 1. The molecule has 0 bridgehead atoms. The van der Waals surface area contributed by atoms with Crippen molar-refractivity contribution in [2.75, 3.05) is 12.8 Å². The van der Waals surface area contributed by atoms with E-state index in [1.165, 1.54) is 10.6 Å². The molecular formula is C16H22ClN3S. The van der Waals surface area contributed by atoms with Crippen molar-refractivity contribution in [1.29, 1.82) is 0 Å². The van der Waals surface area contributed by atoms with Crippen LogP contribution in [0.2, 0.25) is 5.02 Å². The third kappa shape index (κ3) is 4.77. The molecule has 1 aromatic heterocycles. The molecule has 5 heteroatoms. The molecule has 2 aromatic rings. The number of halogens is 1. The Morgan fingerprint density at radius 1 is 1.38 bits per heavy atom. The second-order valence-corrected chi connectivity index (χ2v) is 6.58. The van der Waals surface area contributed by atoms with Gasteiger partial charge in [0.2, 0.25) is 0 Å². The Hall–Kier alpha value is -0.970. The third-order valence-corrected chi connectivity index (χ3v) is 4.79. The van der Waals surface area contributed by atoms with Gasteiger partial charge in [-0.3, -0.25) is 4.68 Å². The van der Waals surface area contributed by atoms with Crippen LogP contribution in [-0.2, 0) is 13.0 Å². The van der Waals surface area contributed by atoms with Gasteiger partial charge < -0.3 is 5.32 Å². The predicted octanol–water partition coefficient (Wildman–Crippen LogP) is 3.79. The third-order valence-electron chi connectivity index (χ3n) is 3.40. The van der Waals surface area contributed by atoms with Crippen molar-refractivity contribution in [2.45, 2.75) is 37.8 Å². The van der Waals surface area contributed by atoms with Gasteiger partial charge in [-0.15, -0.1) is 11.8 Å². The first-order chi connectivity index (χ1) is 10.1. The summed E-state index contributed by atoms with van der Waals surface area (Å²) >= 11 is 7.86. The molecule has 2 rings (SSSR count). The van der Waals surface area contributed by atoms with Crippen molar-refractivity contribution in [1.82, 2.24) is 15.1 Å². The van der Waals surface area contributed by atoms with E-state index in [1.807, 2.05) is 43.9 Å². The first kappa shape index (κ1) is 16.4. The van der Waals surface area contributed by atoms with Crippen LogP contribution in [0, 0.1) is 6.92 Å². The van der Waals surface area contributed by atoms with Crippen molar-refractivity contribution in [3.63, 3.8) is 0 Å². The number of nitrogens with one attached hydrogen (secondary N) is 1. The maximum atomic E-state index is 6.03. The molecule has 1 heterocycles. The highest BCUT2D eigenvalue weighted by molar-refractivity contribution is 7.99. The topological polar surface area (TPSA) is 29.9 Å². The minimum absolute atomic E-state index is 0.412. The quantitative estimate of drug-likeness (QED) is 0.786. The van der Waals surface area contributed by atoms with Crippen LogP contribution in [0.4, 0.5) is 0 Å². The lowest BCUT2D eigenvalue weighted by molar-refractivity contribution is 0.556. The van der Waals surface area contributed by atoms with E-state index in [-0.39, 0.29) is 0 Å². The fourth-order valence-corrected chi connectivity index (χ4v) is 3.61. The van der Waals surface area contributed by atoms with E-state index in [1.54, 1.807) is 0 Å². The lowest BCUT2D eigenvalue weighted by atomic mass is 10.2. The standard InChI is InChI=1S/C16H22ClN3S/c1-4-20-15(8-12(2)19-20)10-14(18-3)11-21-16-7-5-6-13(17)9-16/h5-9,14,18H,4,10-11H2,1-3H3. The highest BCUT2D eigenvalue weighted by Crippen LogP contribution is 2.23. The van der Waals surface area contributed by atoms with Gasteiger partial charge in [-0.25, -0.2) is 0 Å². The van der Waals surface area contributed by atoms with Crippen LogP contribution in [-0.4, -0.2) is 28.6 Å². The molecule has 0 amide bonds. The Morgan fingerprint density at radius 2 is 2.19 bits per heavy atom. The summed E-state index contributed by atoms with van der Waals surface area (Å²) in [6, 6.07) is 10.6. The number of aromatic nitrogens is 2. The van der Waals surface area contributed by atoms with E-state index < -0.39 is 0 Å². The van der Waals surface area contributed by atoms with Crippen LogP contribution in [0.15, 0.2) is 35.2 Å².